The van der Waals surface area contributed by atoms with Crippen LogP contribution in [0.25, 0.3) is 17.1 Å². The third kappa shape index (κ3) is 5.03. The Morgan fingerprint density at radius 1 is 0.935 bits per heavy atom. The molecule has 0 aliphatic carbocycles. The predicted molar refractivity (Wildman–Crippen MR) is 116 cm³/mol. The maximum absolute atomic E-state index is 13.3. The molecule has 4 aromatic rings. The molecule has 10 heteroatoms. The van der Waals surface area contributed by atoms with Gasteiger partial charge in [-0.15, -0.1) is 10.2 Å². The number of thioether (sulfide) groups is 1. The maximum Gasteiger partial charge on any atom is 0.416 e. The molecule has 0 atom stereocenters. The van der Waals surface area contributed by atoms with Crippen LogP contribution in [-0.2, 0) is 11.9 Å². The molecular formula is C21H13Cl2F3N4S. The van der Waals surface area contributed by atoms with Crippen molar-refractivity contribution in [3.8, 4) is 17.1 Å². The van der Waals surface area contributed by atoms with Gasteiger partial charge in [0.15, 0.2) is 11.0 Å². The average molecular weight is 481 g/mol. The first-order valence-corrected chi connectivity index (χ1v) is 10.7. The molecule has 0 unspecified atom stereocenters. The molecule has 0 saturated carbocycles. The van der Waals surface area contributed by atoms with E-state index in [9.17, 15) is 13.2 Å². The van der Waals surface area contributed by atoms with Crippen LogP contribution in [0.1, 0.15) is 11.1 Å². The summed E-state index contributed by atoms with van der Waals surface area (Å²) < 4.78 is 41.5. The van der Waals surface area contributed by atoms with Crippen LogP contribution in [0.15, 0.2) is 72.0 Å². The van der Waals surface area contributed by atoms with Gasteiger partial charge in [-0.1, -0.05) is 53.2 Å². The van der Waals surface area contributed by atoms with Crippen molar-refractivity contribution in [1.82, 2.24) is 19.7 Å². The summed E-state index contributed by atoms with van der Waals surface area (Å²) in [5, 5.41) is 9.81. The van der Waals surface area contributed by atoms with E-state index in [2.05, 4.69) is 15.2 Å². The van der Waals surface area contributed by atoms with Gasteiger partial charge >= 0.3 is 6.18 Å². The molecular weight excluding hydrogens is 468 g/mol. The number of aromatic nitrogens is 4. The molecule has 0 amide bonds. The van der Waals surface area contributed by atoms with Crippen molar-refractivity contribution in [2.24, 2.45) is 0 Å². The minimum absolute atomic E-state index is 0.295. The topological polar surface area (TPSA) is 43.6 Å². The smallest absolute Gasteiger partial charge is 0.270 e. The van der Waals surface area contributed by atoms with Crippen LogP contribution in [0, 0.1) is 0 Å². The van der Waals surface area contributed by atoms with Crippen molar-refractivity contribution < 1.29 is 13.2 Å². The van der Waals surface area contributed by atoms with E-state index in [4.69, 9.17) is 23.2 Å². The molecule has 4 nitrogen and oxygen atoms in total. The number of halogens is 5. The van der Waals surface area contributed by atoms with E-state index in [1.807, 2.05) is 12.1 Å². The van der Waals surface area contributed by atoms with E-state index in [1.54, 1.807) is 34.9 Å². The first-order valence-electron chi connectivity index (χ1n) is 8.93. The predicted octanol–water partition coefficient (Wildman–Crippen LogP) is 6.95. The third-order valence-electron chi connectivity index (χ3n) is 4.33. The molecule has 2 heterocycles. The standard InChI is InChI=1S/C21H13Cl2F3N4S/c22-16-7-4-13(5-8-16)12-31-20-29-28-19(14-6-9-18(23)27-11-14)30(20)17-3-1-2-15(10-17)21(24,25)26/h1-11H,12H2. The van der Waals surface area contributed by atoms with Gasteiger partial charge in [-0.05, 0) is 48.0 Å². The lowest BCUT2D eigenvalue weighted by Crippen LogP contribution is -2.07. The summed E-state index contributed by atoms with van der Waals surface area (Å²) in [6.45, 7) is 0. The second-order valence-corrected chi connectivity index (χ2v) is 8.24. The van der Waals surface area contributed by atoms with Crippen molar-refractivity contribution in [2.45, 2.75) is 17.1 Å². The van der Waals surface area contributed by atoms with Gasteiger partial charge in [0.2, 0.25) is 0 Å². The lowest BCUT2D eigenvalue weighted by molar-refractivity contribution is -0.137. The number of hydrogen-bond acceptors (Lipinski definition) is 4. The summed E-state index contributed by atoms with van der Waals surface area (Å²) in [6, 6.07) is 15.6. The second-order valence-electron chi connectivity index (χ2n) is 6.47. The normalized spacial score (nSPS) is 11.6. The number of nitrogens with zero attached hydrogens (tertiary/aromatic N) is 4. The fourth-order valence-electron chi connectivity index (χ4n) is 2.84. The minimum atomic E-state index is -4.47. The van der Waals surface area contributed by atoms with Crippen LogP contribution < -0.4 is 0 Å². The molecule has 0 bridgehead atoms. The monoisotopic (exact) mass is 480 g/mol. The van der Waals surface area contributed by atoms with Crippen LogP contribution >= 0.6 is 35.0 Å². The highest BCUT2D eigenvalue weighted by molar-refractivity contribution is 7.98. The van der Waals surface area contributed by atoms with Crippen LogP contribution in [0.5, 0.6) is 0 Å². The van der Waals surface area contributed by atoms with Crippen LogP contribution in [0.4, 0.5) is 13.2 Å². The quantitative estimate of drug-likeness (QED) is 0.229. The van der Waals surface area contributed by atoms with Gasteiger partial charge in [-0.3, -0.25) is 4.57 Å². The third-order valence-corrected chi connectivity index (χ3v) is 5.81. The summed E-state index contributed by atoms with van der Waals surface area (Å²) in [7, 11) is 0. The van der Waals surface area contributed by atoms with E-state index in [1.165, 1.54) is 24.0 Å². The van der Waals surface area contributed by atoms with Crippen molar-refractivity contribution in [3.05, 3.63) is 88.2 Å². The molecule has 158 valence electrons. The first kappa shape index (κ1) is 21.7. The number of rotatable bonds is 5. The molecule has 2 aromatic carbocycles. The zero-order valence-electron chi connectivity index (χ0n) is 15.6. The SMILES string of the molecule is FC(F)(F)c1cccc(-n2c(SCc3ccc(Cl)cc3)nnc2-c2ccc(Cl)nc2)c1. The molecule has 0 N–H and O–H groups in total. The fraction of sp³-hybridized carbons (Fsp3) is 0.0952. The van der Waals surface area contributed by atoms with E-state index < -0.39 is 11.7 Å². The molecule has 0 aliphatic rings. The highest BCUT2D eigenvalue weighted by Gasteiger charge is 2.31. The molecule has 0 radical (unpaired) electrons. The number of hydrogen-bond donors (Lipinski definition) is 0. The molecule has 0 aliphatic heterocycles. The van der Waals surface area contributed by atoms with Crippen molar-refractivity contribution in [3.63, 3.8) is 0 Å². The fourth-order valence-corrected chi connectivity index (χ4v) is 3.99. The van der Waals surface area contributed by atoms with Gasteiger partial charge < -0.3 is 0 Å². The first-order chi connectivity index (χ1) is 14.8. The molecule has 0 saturated heterocycles. The van der Waals surface area contributed by atoms with Gasteiger partial charge in [-0.25, -0.2) is 4.98 Å². The van der Waals surface area contributed by atoms with Crippen molar-refractivity contribution in [2.75, 3.05) is 0 Å². The Kier molecular flexibility index (Phi) is 6.22. The van der Waals surface area contributed by atoms with Gasteiger partial charge in [0.05, 0.1) is 11.3 Å². The van der Waals surface area contributed by atoms with Gasteiger partial charge in [-0.2, -0.15) is 13.2 Å². The molecule has 31 heavy (non-hydrogen) atoms. The average Bonchev–Trinajstić information content (AvgIpc) is 3.17. The summed E-state index contributed by atoms with van der Waals surface area (Å²) in [5.74, 6) is 0.898. The number of pyridine rings is 1. The van der Waals surface area contributed by atoms with E-state index in [-0.39, 0.29) is 0 Å². The van der Waals surface area contributed by atoms with E-state index in [0.29, 0.717) is 38.2 Å². The summed E-state index contributed by atoms with van der Waals surface area (Å²) in [5.41, 5.74) is 1.10. The molecule has 4 rings (SSSR count). The zero-order valence-corrected chi connectivity index (χ0v) is 18.0. The molecule has 0 fully saturated rings. The van der Waals surface area contributed by atoms with E-state index in [0.717, 1.165) is 17.7 Å². The Labute approximate surface area is 190 Å². The summed E-state index contributed by atoms with van der Waals surface area (Å²) in [4.78, 5) is 4.04. The Morgan fingerprint density at radius 3 is 2.39 bits per heavy atom. The number of alkyl halides is 3. The summed E-state index contributed by atoms with van der Waals surface area (Å²) in [6.07, 6.45) is -2.97. The molecule has 0 spiro atoms. The lowest BCUT2D eigenvalue weighted by Gasteiger charge is -2.13. The van der Waals surface area contributed by atoms with Gasteiger partial charge in [0.1, 0.15) is 5.15 Å². The lowest BCUT2D eigenvalue weighted by atomic mass is 10.2. The van der Waals surface area contributed by atoms with Crippen molar-refractivity contribution >= 4 is 35.0 Å². The Morgan fingerprint density at radius 2 is 1.71 bits per heavy atom. The minimum Gasteiger partial charge on any atom is -0.270 e. The summed E-state index contributed by atoms with van der Waals surface area (Å²) >= 11 is 13.1. The van der Waals surface area contributed by atoms with Crippen molar-refractivity contribution in [1.29, 1.82) is 0 Å². The van der Waals surface area contributed by atoms with E-state index >= 15 is 0 Å². The van der Waals surface area contributed by atoms with Crippen LogP contribution in [-0.4, -0.2) is 19.7 Å². The van der Waals surface area contributed by atoms with Crippen LogP contribution in [0.3, 0.4) is 0 Å². The maximum atomic E-state index is 13.3. The highest BCUT2D eigenvalue weighted by Crippen LogP contribution is 2.34. The Hall–Kier alpha value is -2.55. The van der Waals surface area contributed by atoms with Crippen LogP contribution in [0.2, 0.25) is 10.2 Å². The second kappa shape index (κ2) is 8.90. The largest absolute Gasteiger partial charge is 0.416 e. The number of benzene rings is 2. The van der Waals surface area contributed by atoms with Gasteiger partial charge in [0, 0.05) is 22.5 Å². The van der Waals surface area contributed by atoms with Gasteiger partial charge in [0.25, 0.3) is 0 Å². The zero-order chi connectivity index (χ0) is 22.0. The highest BCUT2D eigenvalue weighted by atomic mass is 35.5. The Bertz CT molecular complexity index is 1190. The molecule has 2 aromatic heterocycles. The Balaban J connectivity index is 1.77.